The molecule has 2 atom stereocenters. The summed E-state index contributed by atoms with van der Waals surface area (Å²) in [5.41, 5.74) is 1.57. The summed E-state index contributed by atoms with van der Waals surface area (Å²) in [5, 5.41) is 6.26. The molecule has 1 saturated carbocycles. The lowest BCUT2D eigenvalue weighted by molar-refractivity contribution is 0.388. The normalized spacial score (nSPS) is 23.6. The molecule has 0 bridgehead atoms. The van der Waals surface area contributed by atoms with Gasteiger partial charge in [-0.1, -0.05) is 61.7 Å². The Morgan fingerprint density at radius 1 is 0.950 bits per heavy atom. The van der Waals surface area contributed by atoms with Gasteiger partial charge >= 0.3 is 0 Å². The third-order valence-electron chi connectivity index (χ3n) is 4.85. The molecule has 0 heterocycles. The molecule has 1 fully saturated rings. The number of rotatable bonds is 3. The van der Waals surface area contributed by atoms with Gasteiger partial charge in [0.25, 0.3) is 0 Å². The summed E-state index contributed by atoms with van der Waals surface area (Å²) in [5.74, 6) is 1.50. The number of hydrogen-bond donors (Lipinski definition) is 1. The van der Waals surface area contributed by atoms with Crippen LogP contribution in [-0.2, 0) is 0 Å². The molecular weight excluding hydrogens is 242 g/mol. The average molecular weight is 267 g/mol. The Kier molecular flexibility index (Phi) is 4.37. The molecule has 1 aliphatic rings. The van der Waals surface area contributed by atoms with Gasteiger partial charge in [-0.25, -0.2) is 0 Å². The van der Waals surface area contributed by atoms with Gasteiger partial charge in [0, 0.05) is 0 Å². The number of fused-ring (bicyclic) bond motifs is 1. The van der Waals surface area contributed by atoms with E-state index in [0.29, 0.717) is 0 Å². The highest BCUT2D eigenvalue weighted by atomic mass is 14.8. The van der Waals surface area contributed by atoms with Gasteiger partial charge < -0.3 is 5.32 Å². The molecular formula is C19H25N. The highest BCUT2D eigenvalue weighted by Gasteiger charge is 2.25. The summed E-state index contributed by atoms with van der Waals surface area (Å²) in [6.07, 6.45) is 6.90. The van der Waals surface area contributed by atoms with Crippen molar-refractivity contribution in [3.63, 3.8) is 0 Å². The maximum absolute atomic E-state index is 3.41. The predicted molar refractivity (Wildman–Crippen MR) is 87.2 cm³/mol. The van der Waals surface area contributed by atoms with Crippen molar-refractivity contribution in [2.75, 3.05) is 13.6 Å². The Hall–Kier alpha value is -1.34. The largest absolute Gasteiger partial charge is 0.319 e. The standard InChI is InChI=1S/C19H25N/c1-20-14-16-9-3-2-4-11-18(16)19-13-7-10-15-8-5-6-12-17(15)19/h5-8,10,12-13,16,18,20H,2-4,9,11,14H2,1H3. The smallest absolute Gasteiger partial charge is 0.00177 e. The SMILES string of the molecule is CNCC1CCCCCC1c1cccc2ccccc12. The zero-order valence-electron chi connectivity index (χ0n) is 12.4. The fourth-order valence-electron chi connectivity index (χ4n) is 3.87. The van der Waals surface area contributed by atoms with Crippen molar-refractivity contribution in [3.8, 4) is 0 Å². The van der Waals surface area contributed by atoms with E-state index >= 15 is 0 Å². The van der Waals surface area contributed by atoms with Crippen molar-refractivity contribution < 1.29 is 0 Å². The van der Waals surface area contributed by atoms with Crippen molar-refractivity contribution in [1.29, 1.82) is 0 Å². The van der Waals surface area contributed by atoms with Gasteiger partial charge in [0.15, 0.2) is 0 Å². The third kappa shape index (κ3) is 2.73. The molecule has 0 amide bonds. The summed E-state index contributed by atoms with van der Waals surface area (Å²) in [6, 6.07) is 15.7. The van der Waals surface area contributed by atoms with Crippen LogP contribution in [0.3, 0.4) is 0 Å². The molecule has 0 aromatic heterocycles. The molecule has 3 rings (SSSR count). The average Bonchev–Trinajstić information content (AvgIpc) is 2.73. The molecule has 0 radical (unpaired) electrons. The molecule has 20 heavy (non-hydrogen) atoms. The van der Waals surface area contributed by atoms with Crippen LogP contribution in [0.5, 0.6) is 0 Å². The lowest BCUT2D eigenvalue weighted by atomic mass is 9.80. The summed E-state index contributed by atoms with van der Waals surface area (Å²) in [6.45, 7) is 1.15. The van der Waals surface area contributed by atoms with Gasteiger partial charge in [0.2, 0.25) is 0 Å². The van der Waals surface area contributed by atoms with Crippen molar-refractivity contribution in [2.24, 2.45) is 5.92 Å². The topological polar surface area (TPSA) is 12.0 Å². The molecule has 2 aromatic carbocycles. The molecule has 1 aliphatic carbocycles. The first-order valence-corrected chi connectivity index (χ1v) is 8.02. The minimum Gasteiger partial charge on any atom is -0.319 e. The second kappa shape index (κ2) is 6.41. The zero-order chi connectivity index (χ0) is 13.8. The maximum Gasteiger partial charge on any atom is -0.00177 e. The number of nitrogens with one attached hydrogen (secondary N) is 1. The van der Waals surface area contributed by atoms with E-state index in [1.165, 1.54) is 42.9 Å². The maximum atomic E-state index is 3.41. The second-order valence-electron chi connectivity index (χ2n) is 6.13. The zero-order valence-corrected chi connectivity index (χ0v) is 12.4. The van der Waals surface area contributed by atoms with Crippen molar-refractivity contribution >= 4 is 10.8 Å². The highest BCUT2D eigenvalue weighted by molar-refractivity contribution is 5.86. The lowest BCUT2D eigenvalue weighted by Gasteiger charge is -2.26. The number of hydrogen-bond acceptors (Lipinski definition) is 1. The first kappa shape index (κ1) is 13.6. The van der Waals surface area contributed by atoms with Crippen LogP contribution in [-0.4, -0.2) is 13.6 Å². The Morgan fingerprint density at radius 3 is 2.65 bits per heavy atom. The van der Waals surface area contributed by atoms with E-state index in [4.69, 9.17) is 0 Å². The van der Waals surface area contributed by atoms with Gasteiger partial charge in [-0.15, -0.1) is 0 Å². The van der Waals surface area contributed by atoms with Crippen LogP contribution in [0.1, 0.15) is 43.6 Å². The minimum absolute atomic E-state index is 0.719. The molecule has 2 aromatic rings. The van der Waals surface area contributed by atoms with E-state index in [9.17, 15) is 0 Å². The fraction of sp³-hybridized carbons (Fsp3) is 0.474. The Bertz CT molecular complexity index is 555. The van der Waals surface area contributed by atoms with Crippen LogP contribution in [0, 0.1) is 5.92 Å². The van der Waals surface area contributed by atoms with E-state index in [-0.39, 0.29) is 0 Å². The van der Waals surface area contributed by atoms with Crippen LogP contribution >= 0.6 is 0 Å². The molecule has 2 unspecified atom stereocenters. The van der Waals surface area contributed by atoms with E-state index < -0.39 is 0 Å². The van der Waals surface area contributed by atoms with E-state index in [2.05, 4.69) is 54.8 Å². The van der Waals surface area contributed by atoms with Crippen LogP contribution in [0.4, 0.5) is 0 Å². The van der Waals surface area contributed by atoms with E-state index in [1.807, 2.05) is 0 Å². The molecule has 1 N–H and O–H groups in total. The molecule has 1 heteroatoms. The van der Waals surface area contributed by atoms with Crippen LogP contribution < -0.4 is 5.32 Å². The fourth-order valence-corrected chi connectivity index (χ4v) is 3.87. The van der Waals surface area contributed by atoms with Crippen molar-refractivity contribution in [3.05, 3.63) is 48.0 Å². The summed E-state index contributed by atoms with van der Waals surface area (Å²) < 4.78 is 0. The highest BCUT2D eigenvalue weighted by Crippen LogP contribution is 2.39. The van der Waals surface area contributed by atoms with Gasteiger partial charge in [-0.3, -0.25) is 0 Å². The quantitative estimate of drug-likeness (QED) is 0.793. The van der Waals surface area contributed by atoms with Crippen LogP contribution in [0.2, 0.25) is 0 Å². The Morgan fingerprint density at radius 2 is 1.75 bits per heavy atom. The summed E-state index contributed by atoms with van der Waals surface area (Å²) in [4.78, 5) is 0. The lowest BCUT2D eigenvalue weighted by Crippen LogP contribution is -2.24. The number of benzene rings is 2. The third-order valence-corrected chi connectivity index (χ3v) is 4.85. The van der Waals surface area contributed by atoms with Crippen LogP contribution in [0.15, 0.2) is 42.5 Å². The molecule has 0 saturated heterocycles. The van der Waals surface area contributed by atoms with Crippen molar-refractivity contribution in [1.82, 2.24) is 5.32 Å². The first-order chi connectivity index (χ1) is 9.90. The second-order valence-corrected chi connectivity index (χ2v) is 6.13. The molecule has 0 aliphatic heterocycles. The molecule has 0 spiro atoms. The predicted octanol–water partition coefficient (Wildman–Crippen LogP) is 4.72. The first-order valence-electron chi connectivity index (χ1n) is 8.02. The van der Waals surface area contributed by atoms with Crippen molar-refractivity contribution in [2.45, 2.75) is 38.0 Å². The molecule has 106 valence electrons. The molecule has 1 nitrogen and oxygen atoms in total. The monoisotopic (exact) mass is 267 g/mol. The van der Waals surface area contributed by atoms with Gasteiger partial charge in [0.1, 0.15) is 0 Å². The van der Waals surface area contributed by atoms with E-state index in [0.717, 1.165) is 18.4 Å². The summed E-state index contributed by atoms with van der Waals surface area (Å²) in [7, 11) is 2.09. The van der Waals surface area contributed by atoms with Gasteiger partial charge in [0.05, 0.1) is 0 Å². The van der Waals surface area contributed by atoms with Crippen LogP contribution in [0.25, 0.3) is 10.8 Å². The minimum atomic E-state index is 0.719. The summed E-state index contributed by atoms with van der Waals surface area (Å²) >= 11 is 0. The Labute approximate surface area is 122 Å². The van der Waals surface area contributed by atoms with Gasteiger partial charge in [-0.2, -0.15) is 0 Å². The van der Waals surface area contributed by atoms with E-state index in [1.54, 1.807) is 5.56 Å². The van der Waals surface area contributed by atoms with Gasteiger partial charge in [-0.05, 0) is 54.6 Å². The Balaban J connectivity index is 2.02.